The van der Waals surface area contributed by atoms with E-state index in [4.69, 9.17) is 21.0 Å². The first-order chi connectivity index (χ1) is 9.66. The molecule has 1 heterocycles. The van der Waals surface area contributed by atoms with Crippen molar-refractivity contribution in [2.24, 2.45) is 17.2 Å². The Morgan fingerprint density at radius 1 is 1.24 bits per heavy atom. The molecule has 0 unspecified atom stereocenters. The molecule has 1 aliphatic heterocycles. The third-order valence-electron chi connectivity index (χ3n) is 2.40. The highest BCUT2D eigenvalue weighted by Gasteiger charge is 2.24. The van der Waals surface area contributed by atoms with Gasteiger partial charge in [-0.2, -0.15) is 0 Å². The second kappa shape index (κ2) is 12.0. The average Bonchev–Trinajstić information content (AvgIpc) is 2.38. The predicted octanol–water partition coefficient (Wildman–Crippen LogP) is 0.880. The van der Waals surface area contributed by atoms with Crippen molar-refractivity contribution in [3.63, 3.8) is 0 Å². The molecule has 1 aliphatic rings. The van der Waals surface area contributed by atoms with E-state index in [0.29, 0.717) is 6.08 Å². The van der Waals surface area contributed by atoms with Crippen LogP contribution in [0.15, 0.2) is 24.0 Å². The van der Waals surface area contributed by atoms with Gasteiger partial charge in [-0.3, -0.25) is 4.79 Å². The second-order valence-corrected chi connectivity index (χ2v) is 9.21. The summed E-state index contributed by atoms with van der Waals surface area (Å²) in [5.74, 6) is -2.22. The summed E-state index contributed by atoms with van der Waals surface area (Å²) in [4.78, 5) is 19.8. The predicted molar refractivity (Wildman–Crippen MR) is 85.6 cm³/mol. The lowest BCUT2D eigenvalue weighted by atomic mass is 10.4. The zero-order valence-electron chi connectivity index (χ0n) is 13.0. The fraction of sp³-hybridized carbons (Fsp3) is 0.538. The number of allylic oxidation sites excluding steroid dienone is 1. The quantitative estimate of drug-likeness (QED) is 0.440. The van der Waals surface area contributed by atoms with E-state index in [2.05, 4.69) is 18.8 Å². The van der Waals surface area contributed by atoms with Crippen LogP contribution in [0.2, 0.25) is 19.1 Å². The molecule has 1 rings (SSSR count). The molecule has 7 nitrogen and oxygen atoms in total. The molecule has 0 aliphatic carbocycles. The molecule has 122 valence electrons. The van der Waals surface area contributed by atoms with Crippen molar-refractivity contribution in [3.8, 4) is 0 Å². The molecular formula is C13H27N3O4Si. The molecule has 0 spiro atoms. The van der Waals surface area contributed by atoms with E-state index in [9.17, 15) is 9.59 Å². The third kappa shape index (κ3) is 16.1. The van der Waals surface area contributed by atoms with Crippen molar-refractivity contribution < 1.29 is 19.1 Å². The maximum absolute atomic E-state index is 9.92. The lowest BCUT2D eigenvalue weighted by Gasteiger charge is -2.27. The number of primary amides is 1. The number of amides is 1. The molecule has 21 heavy (non-hydrogen) atoms. The van der Waals surface area contributed by atoms with Crippen LogP contribution in [0.3, 0.4) is 0 Å². The Kier molecular flexibility index (Phi) is 12.3. The topological polar surface area (TPSA) is 142 Å². The highest BCUT2D eigenvalue weighted by molar-refractivity contribution is 6.71. The van der Waals surface area contributed by atoms with E-state index < -0.39 is 25.9 Å². The van der Waals surface area contributed by atoms with E-state index in [1.807, 2.05) is 6.92 Å². The van der Waals surface area contributed by atoms with Crippen LogP contribution < -0.4 is 17.2 Å². The minimum atomic E-state index is -1.35. The number of rotatable bonds is 2. The highest BCUT2D eigenvalue weighted by atomic mass is 28.4. The van der Waals surface area contributed by atoms with E-state index in [1.165, 1.54) is 25.1 Å². The lowest BCUT2D eigenvalue weighted by Crippen LogP contribution is -2.33. The number of carboxylic acid groups (broad SMARTS) is 1. The standard InChI is InChI=1S/C6H14OSi.C4H6N2O3.C3H7N/c1-8(2)6-4-3-5-7-8;5-2(4(8)9)1-3(6)7;1-2-3-4/h3-6H2,1-2H3;1H,5H2,(H2,6,7)(H,8,9);2-3H,4H2,1H3. The van der Waals surface area contributed by atoms with E-state index in [0.717, 1.165) is 6.61 Å². The largest absolute Gasteiger partial charge is 0.477 e. The Labute approximate surface area is 126 Å². The van der Waals surface area contributed by atoms with Crippen LogP contribution in [0.1, 0.15) is 19.8 Å². The van der Waals surface area contributed by atoms with Gasteiger partial charge in [0.25, 0.3) is 0 Å². The number of carbonyl (C=O) groups excluding carboxylic acids is 1. The van der Waals surface area contributed by atoms with Gasteiger partial charge in [0.05, 0.1) is 0 Å². The summed E-state index contributed by atoms with van der Waals surface area (Å²) in [6, 6.07) is 1.37. The molecule has 0 aromatic carbocycles. The average molecular weight is 317 g/mol. The van der Waals surface area contributed by atoms with Crippen molar-refractivity contribution in [2.45, 2.75) is 38.9 Å². The first kappa shape index (κ1) is 21.5. The Morgan fingerprint density at radius 3 is 1.90 bits per heavy atom. The molecule has 0 aromatic heterocycles. The van der Waals surface area contributed by atoms with Gasteiger partial charge in [-0.15, -0.1) is 0 Å². The number of aliphatic carboxylic acids is 1. The summed E-state index contributed by atoms with van der Waals surface area (Å²) < 4.78 is 5.60. The minimum Gasteiger partial charge on any atom is -0.477 e. The molecule has 0 saturated carbocycles. The lowest BCUT2D eigenvalue weighted by molar-refractivity contribution is -0.133. The van der Waals surface area contributed by atoms with E-state index in [1.54, 1.807) is 6.08 Å². The van der Waals surface area contributed by atoms with Gasteiger partial charge >= 0.3 is 5.97 Å². The summed E-state index contributed by atoms with van der Waals surface area (Å²) in [6.45, 7) is 7.50. The fourth-order valence-electron chi connectivity index (χ4n) is 1.29. The zero-order chi connectivity index (χ0) is 16.9. The van der Waals surface area contributed by atoms with Gasteiger partial charge in [0, 0.05) is 12.7 Å². The molecule has 8 heteroatoms. The van der Waals surface area contributed by atoms with E-state index in [-0.39, 0.29) is 0 Å². The van der Waals surface area contributed by atoms with Crippen molar-refractivity contribution in [3.05, 3.63) is 24.0 Å². The highest BCUT2D eigenvalue weighted by Crippen LogP contribution is 2.20. The monoisotopic (exact) mass is 317 g/mol. The zero-order valence-corrected chi connectivity index (χ0v) is 14.0. The SMILES string of the molecule is CC=CN.C[Si]1(C)CCCCO1.NC(=O)C=C(N)C(=O)O. The second-order valence-electron chi connectivity index (χ2n) is 4.90. The van der Waals surface area contributed by atoms with Gasteiger partial charge in [0.1, 0.15) is 5.70 Å². The maximum Gasteiger partial charge on any atom is 0.351 e. The Balaban J connectivity index is 0. The number of nitrogens with two attached hydrogens (primary N) is 3. The summed E-state index contributed by atoms with van der Waals surface area (Å²) in [5.41, 5.74) is 13.6. The van der Waals surface area contributed by atoms with Gasteiger partial charge in [-0.05, 0) is 38.7 Å². The van der Waals surface area contributed by atoms with Crippen LogP contribution in [0.25, 0.3) is 0 Å². The van der Waals surface area contributed by atoms with Crippen molar-refractivity contribution in [2.75, 3.05) is 6.61 Å². The Morgan fingerprint density at radius 2 is 1.76 bits per heavy atom. The molecule has 1 amide bonds. The van der Waals surface area contributed by atoms with Gasteiger partial charge in [0.2, 0.25) is 5.91 Å². The van der Waals surface area contributed by atoms with Crippen molar-refractivity contribution in [1.29, 1.82) is 0 Å². The van der Waals surface area contributed by atoms with Crippen LogP contribution in [-0.4, -0.2) is 31.9 Å². The van der Waals surface area contributed by atoms with Crippen molar-refractivity contribution >= 4 is 20.2 Å². The number of hydrogen-bond donors (Lipinski definition) is 4. The first-order valence-corrected chi connectivity index (χ1v) is 9.74. The van der Waals surface area contributed by atoms with E-state index >= 15 is 0 Å². The van der Waals surface area contributed by atoms with Gasteiger partial charge in [0.15, 0.2) is 8.32 Å². The number of carboxylic acids is 1. The van der Waals surface area contributed by atoms with Crippen LogP contribution in [-0.2, 0) is 14.0 Å². The number of carbonyl (C=O) groups is 2. The van der Waals surface area contributed by atoms with Gasteiger partial charge in [-0.25, -0.2) is 4.79 Å². The number of hydrogen-bond acceptors (Lipinski definition) is 5. The van der Waals surface area contributed by atoms with Crippen LogP contribution in [0, 0.1) is 0 Å². The molecule has 7 N–H and O–H groups in total. The molecule has 0 atom stereocenters. The molecular weight excluding hydrogens is 290 g/mol. The maximum atomic E-state index is 9.92. The third-order valence-corrected chi connectivity index (χ3v) is 4.95. The summed E-state index contributed by atoms with van der Waals surface area (Å²) in [7, 11) is -1.09. The molecule has 1 saturated heterocycles. The Hall–Kier alpha value is -1.80. The molecule has 0 bridgehead atoms. The van der Waals surface area contributed by atoms with Crippen LogP contribution in [0.5, 0.6) is 0 Å². The molecule has 0 aromatic rings. The fourth-order valence-corrected chi connectivity index (χ4v) is 3.23. The first-order valence-electron chi connectivity index (χ1n) is 6.63. The summed E-state index contributed by atoms with van der Waals surface area (Å²) >= 11 is 0. The Bertz CT molecular complexity index is 370. The van der Waals surface area contributed by atoms with Crippen molar-refractivity contribution in [1.82, 2.24) is 0 Å². The van der Waals surface area contributed by atoms with Gasteiger partial charge in [-0.1, -0.05) is 12.5 Å². The van der Waals surface area contributed by atoms with Crippen LogP contribution >= 0.6 is 0 Å². The summed E-state index contributed by atoms with van der Waals surface area (Å²) in [5, 5.41) is 8.03. The summed E-state index contributed by atoms with van der Waals surface area (Å²) in [6.07, 6.45) is 6.61. The normalized spacial score (nSPS) is 17.0. The minimum absolute atomic E-state index is 0.553. The van der Waals surface area contributed by atoms with Crippen LogP contribution in [0.4, 0.5) is 0 Å². The molecule has 0 radical (unpaired) electrons. The molecule has 1 fully saturated rings. The smallest absolute Gasteiger partial charge is 0.351 e. The van der Waals surface area contributed by atoms with Gasteiger partial charge < -0.3 is 26.7 Å².